The first-order valence-electron chi connectivity index (χ1n) is 9.03. The van der Waals surface area contributed by atoms with E-state index in [4.69, 9.17) is 4.74 Å². The number of likely N-dealkylation sites (tertiary alicyclic amines) is 1. The zero-order chi connectivity index (χ0) is 18.7. The molecule has 2 heterocycles. The van der Waals surface area contributed by atoms with Gasteiger partial charge in [-0.25, -0.2) is 0 Å². The van der Waals surface area contributed by atoms with E-state index >= 15 is 0 Å². The Bertz CT molecular complexity index is 670. The molecule has 7 heteroatoms. The van der Waals surface area contributed by atoms with Gasteiger partial charge in [0.1, 0.15) is 0 Å². The number of ether oxygens (including phenoxy) is 1. The van der Waals surface area contributed by atoms with Gasteiger partial charge in [0, 0.05) is 13.1 Å². The van der Waals surface area contributed by atoms with Crippen molar-refractivity contribution in [1.29, 1.82) is 0 Å². The Morgan fingerprint density at radius 2 is 1.88 bits per heavy atom. The van der Waals surface area contributed by atoms with Crippen molar-refractivity contribution < 1.29 is 24.2 Å². The Morgan fingerprint density at radius 1 is 1.23 bits per heavy atom. The molecule has 26 heavy (non-hydrogen) atoms. The second-order valence-electron chi connectivity index (χ2n) is 6.77. The fourth-order valence-corrected chi connectivity index (χ4v) is 3.65. The minimum Gasteiger partial charge on any atom is -0.466 e. The molecule has 1 saturated heterocycles. The maximum Gasteiger partial charge on any atom is 0.310 e. The quantitative estimate of drug-likeness (QED) is 0.600. The summed E-state index contributed by atoms with van der Waals surface area (Å²) in [6.07, 6.45) is 0.769. The molecule has 2 aliphatic heterocycles. The summed E-state index contributed by atoms with van der Waals surface area (Å²) in [5.74, 6) is -1.12. The van der Waals surface area contributed by atoms with Gasteiger partial charge in [-0.1, -0.05) is 12.1 Å². The molecule has 0 aliphatic carbocycles. The molecular formula is C19H24N2O5. The number of piperidine rings is 1. The van der Waals surface area contributed by atoms with Gasteiger partial charge in [0.2, 0.25) is 0 Å². The van der Waals surface area contributed by atoms with Crippen LogP contribution in [0.15, 0.2) is 24.3 Å². The standard InChI is InChI=1S/C19H24N2O5/c1-2-26-19(25)13-6-5-9-20(10-13)11-14(22)12-21-17(23)15-7-3-4-8-16(15)18(21)24/h3-4,7-8,13-14,22H,2,5-6,9-12H2,1H3/t13-,14+/m0/s1. The van der Waals surface area contributed by atoms with E-state index in [1.807, 2.05) is 4.90 Å². The molecule has 1 aromatic rings. The van der Waals surface area contributed by atoms with Gasteiger partial charge in [-0.15, -0.1) is 0 Å². The summed E-state index contributed by atoms with van der Waals surface area (Å²) in [5.41, 5.74) is 0.759. The van der Waals surface area contributed by atoms with Crippen LogP contribution in [-0.4, -0.2) is 71.6 Å². The number of rotatable bonds is 6. The van der Waals surface area contributed by atoms with Gasteiger partial charge in [-0.3, -0.25) is 24.2 Å². The summed E-state index contributed by atoms with van der Waals surface area (Å²) in [6.45, 7) is 3.70. The molecule has 0 radical (unpaired) electrons. The summed E-state index contributed by atoms with van der Waals surface area (Å²) < 4.78 is 5.08. The average Bonchev–Trinajstić information content (AvgIpc) is 2.87. The SMILES string of the molecule is CCOC(=O)[C@H]1CCCN(C[C@@H](O)CN2C(=O)c3ccccc3C2=O)C1. The van der Waals surface area contributed by atoms with Crippen molar-refractivity contribution in [3.05, 3.63) is 35.4 Å². The minimum atomic E-state index is -0.863. The lowest BCUT2D eigenvalue weighted by Crippen LogP contribution is -2.46. The van der Waals surface area contributed by atoms with E-state index in [-0.39, 0.29) is 30.2 Å². The van der Waals surface area contributed by atoms with Gasteiger partial charge in [0.25, 0.3) is 11.8 Å². The summed E-state index contributed by atoms with van der Waals surface area (Å²) in [6, 6.07) is 6.67. The van der Waals surface area contributed by atoms with Crippen LogP contribution in [0.5, 0.6) is 0 Å². The third-order valence-electron chi connectivity index (χ3n) is 4.87. The lowest BCUT2D eigenvalue weighted by Gasteiger charge is -2.33. The zero-order valence-electron chi connectivity index (χ0n) is 14.9. The highest BCUT2D eigenvalue weighted by Gasteiger charge is 2.36. The number of amides is 2. The molecule has 1 N–H and O–H groups in total. The Morgan fingerprint density at radius 3 is 2.50 bits per heavy atom. The second kappa shape index (κ2) is 7.97. The fourth-order valence-electron chi connectivity index (χ4n) is 3.65. The topological polar surface area (TPSA) is 87.2 Å². The Labute approximate surface area is 152 Å². The fraction of sp³-hybridized carbons (Fsp3) is 0.526. The lowest BCUT2D eigenvalue weighted by atomic mass is 9.98. The van der Waals surface area contributed by atoms with Crippen LogP contribution in [0.4, 0.5) is 0 Å². The van der Waals surface area contributed by atoms with Crippen LogP contribution in [0, 0.1) is 5.92 Å². The molecule has 0 unspecified atom stereocenters. The van der Waals surface area contributed by atoms with Crippen LogP contribution in [0.2, 0.25) is 0 Å². The highest BCUT2D eigenvalue weighted by atomic mass is 16.5. The number of fused-ring (bicyclic) bond motifs is 1. The first kappa shape index (κ1) is 18.5. The molecule has 2 atom stereocenters. The smallest absolute Gasteiger partial charge is 0.310 e. The van der Waals surface area contributed by atoms with Gasteiger partial charge in [0.15, 0.2) is 0 Å². The molecule has 0 bridgehead atoms. The van der Waals surface area contributed by atoms with E-state index in [1.165, 1.54) is 0 Å². The van der Waals surface area contributed by atoms with E-state index in [0.29, 0.717) is 30.8 Å². The van der Waals surface area contributed by atoms with Crippen LogP contribution < -0.4 is 0 Å². The van der Waals surface area contributed by atoms with Crippen molar-refractivity contribution in [3.8, 4) is 0 Å². The summed E-state index contributed by atoms with van der Waals surface area (Å²) in [5, 5.41) is 10.4. The molecule has 2 amide bonds. The van der Waals surface area contributed by atoms with E-state index in [9.17, 15) is 19.5 Å². The number of benzene rings is 1. The molecule has 7 nitrogen and oxygen atoms in total. The molecule has 0 spiro atoms. The average molecular weight is 360 g/mol. The molecular weight excluding hydrogens is 336 g/mol. The van der Waals surface area contributed by atoms with Crippen LogP contribution in [0.3, 0.4) is 0 Å². The third kappa shape index (κ3) is 3.78. The Hall–Kier alpha value is -2.25. The summed E-state index contributed by atoms with van der Waals surface area (Å²) in [4.78, 5) is 39.7. The molecule has 0 saturated carbocycles. The number of carbonyl (C=O) groups is 3. The number of β-amino-alcohol motifs (C(OH)–C–C–N with tert-alkyl or cyclic N) is 1. The second-order valence-corrected chi connectivity index (χ2v) is 6.77. The van der Waals surface area contributed by atoms with Gasteiger partial charge in [-0.05, 0) is 38.4 Å². The van der Waals surface area contributed by atoms with Crippen molar-refractivity contribution in [3.63, 3.8) is 0 Å². The largest absolute Gasteiger partial charge is 0.466 e. The maximum atomic E-state index is 12.4. The van der Waals surface area contributed by atoms with E-state index in [1.54, 1.807) is 31.2 Å². The van der Waals surface area contributed by atoms with E-state index < -0.39 is 6.10 Å². The number of esters is 1. The van der Waals surface area contributed by atoms with Crippen LogP contribution in [0.1, 0.15) is 40.5 Å². The van der Waals surface area contributed by atoms with Crippen molar-refractivity contribution in [2.75, 3.05) is 32.8 Å². The predicted molar refractivity (Wildman–Crippen MR) is 93.6 cm³/mol. The van der Waals surface area contributed by atoms with Crippen molar-refractivity contribution in [2.45, 2.75) is 25.9 Å². The van der Waals surface area contributed by atoms with Crippen molar-refractivity contribution in [2.24, 2.45) is 5.92 Å². The molecule has 2 aliphatic rings. The number of hydrogen-bond donors (Lipinski definition) is 1. The number of imide groups is 1. The Balaban J connectivity index is 1.56. The normalized spacial score (nSPS) is 21.6. The molecule has 1 aromatic carbocycles. The highest BCUT2D eigenvalue weighted by molar-refractivity contribution is 6.21. The van der Waals surface area contributed by atoms with Gasteiger partial charge in [0.05, 0.1) is 36.3 Å². The number of nitrogens with zero attached hydrogens (tertiary/aromatic N) is 2. The third-order valence-corrected chi connectivity index (χ3v) is 4.87. The predicted octanol–water partition coefficient (Wildman–Crippen LogP) is 0.919. The first-order chi connectivity index (χ1) is 12.5. The van der Waals surface area contributed by atoms with Crippen LogP contribution >= 0.6 is 0 Å². The number of carbonyl (C=O) groups excluding carboxylic acids is 3. The molecule has 3 rings (SSSR count). The monoisotopic (exact) mass is 360 g/mol. The number of aliphatic hydroxyl groups is 1. The summed E-state index contributed by atoms with van der Waals surface area (Å²) in [7, 11) is 0. The number of aliphatic hydroxyl groups excluding tert-OH is 1. The van der Waals surface area contributed by atoms with E-state index in [0.717, 1.165) is 24.3 Å². The van der Waals surface area contributed by atoms with Crippen molar-refractivity contribution in [1.82, 2.24) is 9.80 Å². The van der Waals surface area contributed by atoms with E-state index in [2.05, 4.69) is 0 Å². The lowest BCUT2D eigenvalue weighted by molar-refractivity contribution is -0.150. The summed E-state index contributed by atoms with van der Waals surface area (Å²) >= 11 is 0. The Kier molecular flexibility index (Phi) is 5.68. The van der Waals surface area contributed by atoms with Crippen LogP contribution in [-0.2, 0) is 9.53 Å². The van der Waals surface area contributed by atoms with Crippen molar-refractivity contribution >= 4 is 17.8 Å². The first-order valence-corrected chi connectivity index (χ1v) is 9.03. The van der Waals surface area contributed by atoms with Gasteiger partial charge in [-0.2, -0.15) is 0 Å². The highest BCUT2D eigenvalue weighted by Crippen LogP contribution is 2.23. The van der Waals surface area contributed by atoms with Gasteiger partial charge >= 0.3 is 5.97 Å². The number of hydrogen-bond acceptors (Lipinski definition) is 6. The maximum absolute atomic E-state index is 12.4. The van der Waals surface area contributed by atoms with Crippen LogP contribution in [0.25, 0.3) is 0 Å². The molecule has 0 aromatic heterocycles. The molecule has 1 fully saturated rings. The minimum absolute atomic E-state index is 0.0487. The van der Waals surface area contributed by atoms with Gasteiger partial charge < -0.3 is 9.84 Å². The zero-order valence-corrected chi connectivity index (χ0v) is 14.9. The molecule has 140 valence electrons.